The monoisotopic (exact) mass is 287 g/mol. The standard InChI is InChI=1S/C17H21NO3/c1-21-17(20)14-7-4-8-18(11-14)16(19)15-9-12-5-2-3-6-13(12)10-15/h2-3,5-6,14-15H,4,7-11H2,1H3/t14-/m0/s1. The number of carbonyl (C=O) groups is 2. The maximum Gasteiger partial charge on any atom is 0.310 e. The van der Waals surface area contributed by atoms with Crippen LogP contribution in [-0.2, 0) is 27.2 Å². The van der Waals surface area contributed by atoms with Crippen molar-refractivity contribution in [3.05, 3.63) is 35.4 Å². The molecule has 1 aliphatic heterocycles. The average Bonchev–Trinajstić information content (AvgIpc) is 2.97. The van der Waals surface area contributed by atoms with E-state index < -0.39 is 0 Å². The van der Waals surface area contributed by atoms with Crippen LogP contribution in [0.25, 0.3) is 0 Å². The highest BCUT2D eigenvalue weighted by molar-refractivity contribution is 5.81. The predicted molar refractivity (Wildman–Crippen MR) is 78.7 cm³/mol. The van der Waals surface area contributed by atoms with Crippen molar-refractivity contribution in [2.45, 2.75) is 25.7 Å². The molecule has 1 aromatic rings. The quantitative estimate of drug-likeness (QED) is 0.779. The summed E-state index contributed by atoms with van der Waals surface area (Å²) in [5.74, 6) is -0.114. The first-order valence-corrected chi connectivity index (χ1v) is 7.62. The van der Waals surface area contributed by atoms with Crippen LogP contribution in [0.15, 0.2) is 24.3 Å². The summed E-state index contributed by atoms with van der Waals surface area (Å²) in [5.41, 5.74) is 2.58. The van der Waals surface area contributed by atoms with Gasteiger partial charge in [-0.1, -0.05) is 24.3 Å². The molecule has 1 amide bonds. The first-order chi connectivity index (χ1) is 10.2. The minimum absolute atomic E-state index is 0.0406. The van der Waals surface area contributed by atoms with Gasteiger partial charge in [0.05, 0.1) is 13.0 Å². The van der Waals surface area contributed by atoms with Crippen LogP contribution in [0.5, 0.6) is 0 Å². The summed E-state index contributed by atoms with van der Waals surface area (Å²) in [6.45, 7) is 1.28. The summed E-state index contributed by atoms with van der Waals surface area (Å²) in [5, 5.41) is 0. The molecule has 0 spiro atoms. The Morgan fingerprint density at radius 1 is 1.14 bits per heavy atom. The van der Waals surface area contributed by atoms with Crippen molar-refractivity contribution in [2.75, 3.05) is 20.2 Å². The Bertz CT molecular complexity index is 530. The molecule has 3 rings (SSSR count). The van der Waals surface area contributed by atoms with Gasteiger partial charge in [-0.2, -0.15) is 0 Å². The van der Waals surface area contributed by atoms with Crippen LogP contribution in [-0.4, -0.2) is 37.0 Å². The van der Waals surface area contributed by atoms with E-state index in [9.17, 15) is 9.59 Å². The van der Waals surface area contributed by atoms with Crippen LogP contribution >= 0.6 is 0 Å². The molecule has 1 saturated heterocycles. The molecule has 2 aliphatic rings. The molecule has 21 heavy (non-hydrogen) atoms. The number of hydrogen-bond acceptors (Lipinski definition) is 3. The topological polar surface area (TPSA) is 46.6 Å². The van der Waals surface area contributed by atoms with E-state index in [0.29, 0.717) is 6.54 Å². The van der Waals surface area contributed by atoms with E-state index in [1.165, 1.54) is 18.2 Å². The van der Waals surface area contributed by atoms with Crippen molar-refractivity contribution in [3.8, 4) is 0 Å². The third-order valence-corrected chi connectivity index (χ3v) is 4.67. The zero-order valence-electron chi connectivity index (χ0n) is 12.4. The van der Waals surface area contributed by atoms with E-state index in [2.05, 4.69) is 12.1 Å². The van der Waals surface area contributed by atoms with Gasteiger partial charge in [-0.05, 0) is 36.8 Å². The Labute approximate surface area is 125 Å². The Hall–Kier alpha value is -1.84. The highest BCUT2D eigenvalue weighted by Gasteiger charge is 2.34. The van der Waals surface area contributed by atoms with E-state index in [0.717, 1.165) is 32.2 Å². The summed E-state index contributed by atoms with van der Waals surface area (Å²) in [6, 6.07) is 8.27. The van der Waals surface area contributed by atoms with Gasteiger partial charge in [0.15, 0.2) is 0 Å². The van der Waals surface area contributed by atoms with Gasteiger partial charge >= 0.3 is 5.97 Å². The lowest BCUT2D eigenvalue weighted by atomic mass is 9.96. The molecule has 1 aliphatic carbocycles. The normalized spacial score (nSPS) is 22.0. The zero-order valence-corrected chi connectivity index (χ0v) is 12.4. The van der Waals surface area contributed by atoms with Gasteiger partial charge < -0.3 is 9.64 Å². The molecule has 0 bridgehead atoms. The lowest BCUT2D eigenvalue weighted by Crippen LogP contribution is -2.45. The van der Waals surface area contributed by atoms with Crippen molar-refractivity contribution in [3.63, 3.8) is 0 Å². The fourth-order valence-electron chi connectivity index (χ4n) is 3.53. The number of likely N-dealkylation sites (tertiary alicyclic amines) is 1. The van der Waals surface area contributed by atoms with Gasteiger partial charge in [0.1, 0.15) is 0 Å². The van der Waals surface area contributed by atoms with Crippen molar-refractivity contribution in [2.24, 2.45) is 11.8 Å². The number of nitrogens with zero attached hydrogens (tertiary/aromatic N) is 1. The van der Waals surface area contributed by atoms with Crippen LogP contribution in [0.2, 0.25) is 0 Å². The predicted octanol–water partition coefficient (Wildman–Crippen LogP) is 1.81. The molecule has 1 atom stereocenters. The second-order valence-electron chi connectivity index (χ2n) is 6.02. The van der Waals surface area contributed by atoms with E-state index in [-0.39, 0.29) is 23.7 Å². The number of esters is 1. The smallest absolute Gasteiger partial charge is 0.310 e. The molecule has 1 heterocycles. The molecular formula is C17H21NO3. The van der Waals surface area contributed by atoms with Gasteiger partial charge in [-0.25, -0.2) is 0 Å². The van der Waals surface area contributed by atoms with E-state index in [1.54, 1.807) is 0 Å². The molecule has 1 fully saturated rings. The van der Waals surface area contributed by atoms with Gasteiger partial charge in [-0.15, -0.1) is 0 Å². The number of hydrogen-bond donors (Lipinski definition) is 0. The number of fused-ring (bicyclic) bond motifs is 1. The summed E-state index contributed by atoms with van der Waals surface area (Å²) in [7, 11) is 1.41. The van der Waals surface area contributed by atoms with E-state index >= 15 is 0 Å². The minimum atomic E-state index is -0.192. The fraction of sp³-hybridized carbons (Fsp3) is 0.529. The molecule has 4 nitrogen and oxygen atoms in total. The second-order valence-corrected chi connectivity index (χ2v) is 6.02. The fourth-order valence-corrected chi connectivity index (χ4v) is 3.53. The maximum absolute atomic E-state index is 12.7. The van der Waals surface area contributed by atoms with Crippen molar-refractivity contribution in [1.29, 1.82) is 0 Å². The number of rotatable bonds is 2. The third kappa shape index (κ3) is 2.80. The summed E-state index contributed by atoms with van der Waals surface area (Å²) < 4.78 is 4.82. The summed E-state index contributed by atoms with van der Waals surface area (Å²) in [4.78, 5) is 26.2. The van der Waals surface area contributed by atoms with E-state index in [4.69, 9.17) is 4.74 Å². The Morgan fingerprint density at radius 2 is 1.81 bits per heavy atom. The second kappa shape index (κ2) is 5.88. The molecule has 0 saturated carbocycles. The largest absolute Gasteiger partial charge is 0.469 e. The number of piperidine rings is 1. The van der Waals surface area contributed by atoms with Crippen molar-refractivity contribution in [1.82, 2.24) is 4.90 Å². The number of benzene rings is 1. The molecule has 4 heteroatoms. The van der Waals surface area contributed by atoms with Crippen LogP contribution in [0.4, 0.5) is 0 Å². The molecule has 0 aromatic heterocycles. The number of amides is 1. The maximum atomic E-state index is 12.7. The van der Waals surface area contributed by atoms with Gasteiger partial charge in [0.2, 0.25) is 5.91 Å². The van der Waals surface area contributed by atoms with Crippen molar-refractivity contribution < 1.29 is 14.3 Å². The Balaban J connectivity index is 1.65. The lowest BCUT2D eigenvalue weighted by molar-refractivity contribution is -0.149. The van der Waals surface area contributed by atoms with Crippen molar-refractivity contribution >= 4 is 11.9 Å². The highest BCUT2D eigenvalue weighted by Crippen LogP contribution is 2.29. The van der Waals surface area contributed by atoms with Crippen LogP contribution in [0.3, 0.4) is 0 Å². The van der Waals surface area contributed by atoms with Gasteiger partial charge in [0.25, 0.3) is 0 Å². The zero-order chi connectivity index (χ0) is 14.8. The van der Waals surface area contributed by atoms with Gasteiger partial charge in [0, 0.05) is 19.0 Å². The summed E-state index contributed by atoms with van der Waals surface area (Å²) >= 11 is 0. The summed E-state index contributed by atoms with van der Waals surface area (Å²) in [6.07, 6.45) is 3.36. The Kier molecular flexibility index (Phi) is 3.95. The molecule has 1 aromatic carbocycles. The molecule has 0 unspecified atom stereocenters. The highest BCUT2D eigenvalue weighted by atomic mass is 16.5. The first-order valence-electron chi connectivity index (χ1n) is 7.62. The molecule has 0 N–H and O–H groups in total. The first kappa shape index (κ1) is 14.1. The van der Waals surface area contributed by atoms with Crippen LogP contribution in [0, 0.1) is 11.8 Å². The number of ether oxygens (including phenoxy) is 1. The average molecular weight is 287 g/mol. The molecule has 0 radical (unpaired) electrons. The number of methoxy groups -OCH3 is 1. The molecule has 112 valence electrons. The Morgan fingerprint density at radius 3 is 2.43 bits per heavy atom. The van der Waals surface area contributed by atoms with Crippen LogP contribution in [0.1, 0.15) is 24.0 Å². The van der Waals surface area contributed by atoms with Gasteiger partial charge in [-0.3, -0.25) is 9.59 Å². The minimum Gasteiger partial charge on any atom is -0.469 e. The molecular weight excluding hydrogens is 266 g/mol. The SMILES string of the molecule is COC(=O)[C@H]1CCCN(C(=O)C2Cc3ccccc3C2)C1. The third-order valence-electron chi connectivity index (χ3n) is 4.67. The lowest BCUT2D eigenvalue weighted by Gasteiger charge is -2.33. The number of carbonyl (C=O) groups excluding carboxylic acids is 2. The van der Waals surface area contributed by atoms with E-state index in [1.807, 2.05) is 17.0 Å². The van der Waals surface area contributed by atoms with Crippen LogP contribution < -0.4 is 0 Å².